The van der Waals surface area contributed by atoms with Crippen LogP contribution in [0.2, 0.25) is 0 Å². The molecule has 0 bridgehead atoms. The SMILES string of the molecule is COC(=O)C(=O)NCc1cc(OC)c(C)cc1OC. The van der Waals surface area contributed by atoms with Crippen molar-refractivity contribution in [3.63, 3.8) is 0 Å². The summed E-state index contributed by atoms with van der Waals surface area (Å²) in [5.74, 6) is -0.436. The van der Waals surface area contributed by atoms with Crippen LogP contribution in [0.3, 0.4) is 0 Å². The van der Waals surface area contributed by atoms with Crippen LogP contribution in [0.25, 0.3) is 0 Å². The number of benzene rings is 1. The summed E-state index contributed by atoms with van der Waals surface area (Å²) in [5, 5.41) is 2.45. The zero-order valence-electron chi connectivity index (χ0n) is 11.4. The summed E-state index contributed by atoms with van der Waals surface area (Å²) in [6.07, 6.45) is 0. The van der Waals surface area contributed by atoms with E-state index in [0.717, 1.165) is 12.7 Å². The molecule has 6 heteroatoms. The summed E-state index contributed by atoms with van der Waals surface area (Å²) in [6, 6.07) is 3.56. The van der Waals surface area contributed by atoms with Crippen molar-refractivity contribution in [2.75, 3.05) is 21.3 Å². The van der Waals surface area contributed by atoms with E-state index in [1.807, 2.05) is 6.92 Å². The van der Waals surface area contributed by atoms with Crippen LogP contribution in [0.4, 0.5) is 0 Å². The van der Waals surface area contributed by atoms with Gasteiger partial charge in [-0.3, -0.25) is 4.79 Å². The quantitative estimate of drug-likeness (QED) is 0.645. The van der Waals surface area contributed by atoms with Crippen LogP contribution in [0.5, 0.6) is 11.5 Å². The molecule has 0 unspecified atom stereocenters. The van der Waals surface area contributed by atoms with Gasteiger partial charge in [0.15, 0.2) is 0 Å². The number of amides is 1. The molecule has 0 saturated heterocycles. The summed E-state index contributed by atoms with van der Waals surface area (Å²) < 4.78 is 14.7. The monoisotopic (exact) mass is 267 g/mol. The van der Waals surface area contributed by atoms with E-state index in [-0.39, 0.29) is 6.54 Å². The van der Waals surface area contributed by atoms with Gasteiger partial charge in [0.1, 0.15) is 11.5 Å². The van der Waals surface area contributed by atoms with Gasteiger partial charge in [0, 0.05) is 12.1 Å². The molecule has 104 valence electrons. The highest BCUT2D eigenvalue weighted by atomic mass is 16.5. The maximum absolute atomic E-state index is 11.3. The summed E-state index contributed by atoms with van der Waals surface area (Å²) >= 11 is 0. The summed E-state index contributed by atoms with van der Waals surface area (Å²) in [6.45, 7) is 2.03. The van der Waals surface area contributed by atoms with E-state index in [9.17, 15) is 9.59 Å². The van der Waals surface area contributed by atoms with E-state index >= 15 is 0 Å². The number of hydrogen-bond donors (Lipinski definition) is 1. The van der Waals surface area contributed by atoms with Crippen LogP contribution in [0.1, 0.15) is 11.1 Å². The molecule has 0 radical (unpaired) electrons. The van der Waals surface area contributed by atoms with Crippen LogP contribution in [0.15, 0.2) is 12.1 Å². The van der Waals surface area contributed by atoms with Crippen molar-refractivity contribution in [1.82, 2.24) is 5.32 Å². The Labute approximate surface area is 111 Å². The smallest absolute Gasteiger partial charge is 0.396 e. The Morgan fingerprint density at radius 3 is 2.26 bits per heavy atom. The third-order valence-electron chi connectivity index (χ3n) is 2.61. The zero-order valence-corrected chi connectivity index (χ0v) is 11.4. The van der Waals surface area contributed by atoms with E-state index in [1.165, 1.54) is 7.11 Å². The fourth-order valence-corrected chi connectivity index (χ4v) is 1.59. The Morgan fingerprint density at radius 2 is 1.74 bits per heavy atom. The van der Waals surface area contributed by atoms with Crippen LogP contribution in [-0.2, 0) is 20.9 Å². The maximum Gasteiger partial charge on any atom is 0.396 e. The summed E-state index contributed by atoms with van der Waals surface area (Å²) in [4.78, 5) is 22.3. The van der Waals surface area contributed by atoms with Gasteiger partial charge in [-0.15, -0.1) is 0 Å². The topological polar surface area (TPSA) is 73.9 Å². The Bertz CT molecular complexity index is 484. The van der Waals surface area contributed by atoms with E-state index < -0.39 is 11.9 Å². The lowest BCUT2D eigenvalue weighted by atomic mass is 10.1. The number of ether oxygens (including phenoxy) is 3. The van der Waals surface area contributed by atoms with Gasteiger partial charge in [-0.05, 0) is 24.6 Å². The van der Waals surface area contributed by atoms with E-state index in [0.29, 0.717) is 17.1 Å². The third-order valence-corrected chi connectivity index (χ3v) is 2.61. The fourth-order valence-electron chi connectivity index (χ4n) is 1.59. The van der Waals surface area contributed by atoms with Crippen molar-refractivity contribution in [3.05, 3.63) is 23.3 Å². The van der Waals surface area contributed by atoms with Crippen molar-refractivity contribution in [2.45, 2.75) is 13.5 Å². The molecule has 0 aromatic heterocycles. The van der Waals surface area contributed by atoms with Gasteiger partial charge < -0.3 is 19.5 Å². The molecule has 0 aliphatic rings. The Morgan fingerprint density at radius 1 is 1.11 bits per heavy atom. The number of rotatable bonds is 4. The second-order valence-electron chi connectivity index (χ2n) is 3.81. The van der Waals surface area contributed by atoms with Crippen LogP contribution in [-0.4, -0.2) is 33.2 Å². The lowest BCUT2D eigenvalue weighted by Crippen LogP contribution is -2.31. The third kappa shape index (κ3) is 3.61. The van der Waals surface area contributed by atoms with E-state index in [4.69, 9.17) is 9.47 Å². The van der Waals surface area contributed by atoms with Gasteiger partial charge in [-0.25, -0.2) is 4.79 Å². The molecule has 1 aromatic carbocycles. The fraction of sp³-hybridized carbons (Fsp3) is 0.385. The zero-order chi connectivity index (χ0) is 14.4. The second kappa shape index (κ2) is 6.63. The first-order valence-corrected chi connectivity index (χ1v) is 5.61. The van der Waals surface area contributed by atoms with Crippen molar-refractivity contribution >= 4 is 11.9 Å². The lowest BCUT2D eigenvalue weighted by molar-refractivity contribution is -0.152. The first-order chi connectivity index (χ1) is 9.03. The minimum atomic E-state index is -0.932. The minimum absolute atomic E-state index is 0.147. The molecule has 0 heterocycles. The Kier molecular flexibility index (Phi) is 5.17. The molecule has 1 rings (SSSR count). The summed E-state index contributed by atoms with van der Waals surface area (Å²) in [5.41, 5.74) is 1.63. The molecule has 0 saturated carbocycles. The highest BCUT2D eigenvalue weighted by Crippen LogP contribution is 2.28. The largest absolute Gasteiger partial charge is 0.496 e. The van der Waals surface area contributed by atoms with E-state index in [2.05, 4.69) is 10.1 Å². The lowest BCUT2D eigenvalue weighted by Gasteiger charge is -2.13. The van der Waals surface area contributed by atoms with E-state index in [1.54, 1.807) is 19.2 Å². The Hall–Kier alpha value is -2.24. The number of esters is 1. The van der Waals surface area contributed by atoms with Gasteiger partial charge in [0.2, 0.25) is 0 Å². The predicted molar refractivity (Wildman–Crippen MR) is 68.1 cm³/mol. The molecule has 1 amide bonds. The number of hydrogen-bond acceptors (Lipinski definition) is 5. The van der Waals surface area contributed by atoms with Crippen molar-refractivity contribution in [2.24, 2.45) is 0 Å². The minimum Gasteiger partial charge on any atom is -0.496 e. The van der Waals surface area contributed by atoms with Crippen molar-refractivity contribution in [3.8, 4) is 11.5 Å². The number of aryl methyl sites for hydroxylation is 1. The van der Waals surface area contributed by atoms with Gasteiger partial charge in [0.25, 0.3) is 0 Å². The van der Waals surface area contributed by atoms with Crippen molar-refractivity contribution in [1.29, 1.82) is 0 Å². The standard InChI is InChI=1S/C13H17NO5/c1-8-5-11(18-3)9(6-10(8)17-2)7-14-12(15)13(16)19-4/h5-6H,7H2,1-4H3,(H,14,15). The van der Waals surface area contributed by atoms with Crippen LogP contribution >= 0.6 is 0 Å². The molecule has 0 aliphatic heterocycles. The highest BCUT2D eigenvalue weighted by molar-refractivity contribution is 6.32. The average Bonchev–Trinajstić information content (AvgIpc) is 2.44. The molecule has 1 aromatic rings. The number of carbonyl (C=O) groups excluding carboxylic acids is 2. The van der Waals surface area contributed by atoms with Gasteiger partial charge in [-0.2, -0.15) is 0 Å². The molecular weight excluding hydrogens is 250 g/mol. The van der Waals surface area contributed by atoms with Gasteiger partial charge in [0.05, 0.1) is 21.3 Å². The average molecular weight is 267 g/mol. The first kappa shape index (κ1) is 14.8. The molecule has 1 N–H and O–H groups in total. The molecule has 19 heavy (non-hydrogen) atoms. The number of methoxy groups -OCH3 is 3. The normalized spacial score (nSPS) is 9.68. The predicted octanol–water partition coefficient (Wildman–Crippen LogP) is 0.801. The van der Waals surface area contributed by atoms with Gasteiger partial charge >= 0.3 is 11.9 Å². The molecule has 0 spiro atoms. The maximum atomic E-state index is 11.3. The van der Waals surface area contributed by atoms with Crippen LogP contribution in [0, 0.1) is 6.92 Å². The second-order valence-corrected chi connectivity index (χ2v) is 3.81. The van der Waals surface area contributed by atoms with Crippen LogP contribution < -0.4 is 14.8 Å². The molecular formula is C13H17NO5. The van der Waals surface area contributed by atoms with Gasteiger partial charge in [-0.1, -0.05) is 0 Å². The first-order valence-electron chi connectivity index (χ1n) is 5.61. The molecule has 0 aliphatic carbocycles. The number of nitrogens with one attached hydrogen (secondary N) is 1. The summed E-state index contributed by atoms with van der Waals surface area (Å²) in [7, 11) is 4.25. The highest BCUT2D eigenvalue weighted by Gasteiger charge is 2.15. The molecule has 6 nitrogen and oxygen atoms in total. The van der Waals surface area contributed by atoms with Crippen molar-refractivity contribution < 1.29 is 23.8 Å². The molecule has 0 atom stereocenters. The molecule has 0 fully saturated rings. The Balaban J connectivity index is 2.88. The number of carbonyl (C=O) groups is 2.